The summed E-state index contributed by atoms with van der Waals surface area (Å²) in [7, 11) is 0. The van der Waals surface area contributed by atoms with Gasteiger partial charge in [0, 0.05) is 24.7 Å². The molecule has 0 saturated heterocycles. The first-order chi connectivity index (χ1) is 9.11. The van der Waals surface area contributed by atoms with Crippen LogP contribution in [0.3, 0.4) is 0 Å². The molecular weight excluding hydrogens is 242 g/mol. The summed E-state index contributed by atoms with van der Waals surface area (Å²) >= 11 is 0. The second kappa shape index (κ2) is 6.10. The van der Waals surface area contributed by atoms with Gasteiger partial charge in [0.25, 0.3) is 5.69 Å². The maximum absolute atomic E-state index is 11.1. The van der Waals surface area contributed by atoms with Crippen LogP contribution in [-0.2, 0) is 6.42 Å². The lowest BCUT2D eigenvalue weighted by atomic mass is 10.0. The van der Waals surface area contributed by atoms with Crippen molar-refractivity contribution in [1.29, 1.82) is 0 Å². The molecule has 5 heteroatoms. The van der Waals surface area contributed by atoms with E-state index in [1.807, 2.05) is 6.92 Å². The molecule has 1 fully saturated rings. The van der Waals surface area contributed by atoms with Crippen molar-refractivity contribution >= 4 is 5.69 Å². The number of nitrogens with zero attached hydrogens (tertiary/aromatic N) is 2. The molecule has 1 N–H and O–H groups in total. The Hall–Kier alpha value is -1.49. The number of nitrogens with one attached hydrogen (secondary N) is 1. The van der Waals surface area contributed by atoms with Gasteiger partial charge in [-0.05, 0) is 44.2 Å². The highest BCUT2D eigenvalue weighted by molar-refractivity contribution is 5.38. The molecule has 1 aromatic heterocycles. The predicted octanol–water partition coefficient (Wildman–Crippen LogP) is 2.62. The average Bonchev–Trinajstić information content (AvgIpc) is 3.20. The Morgan fingerprint density at radius 1 is 1.58 bits per heavy atom. The summed E-state index contributed by atoms with van der Waals surface area (Å²) in [5.41, 5.74) is 1.60. The summed E-state index contributed by atoms with van der Waals surface area (Å²) in [6, 6.07) is 1.94. The topological polar surface area (TPSA) is 68.1 Å². The van der Waals surface area contributed by atoms with Crippen molar-refractivity contribution in [3.05, 3.63) is 33.6 Å². The van der Waals surface area contributed by atoms with Crippen molar-refractivity contribution in [2.45, 2.75) is 45.6 Å². The second-order valence-electron chi connectivity index (χ2n) is 5.34. The smallest absolute Gasteiger partial charge is 0.291 e. The molecule has 2 rings (SSSR count). The molecule has 1 saturated carbocycles. The summed E-state index contributed by atoms with van der Waals surface area (Å²) in [5.74, 6) is 0.661. The van der Waals surface area contributed by atoms with Gasteiger partial charge in [0.1, 0.15) is 5.69 Å². The SMILES string of the molecule is CCCNC(Cc1ncc(C)cc1[N+](=O)[O-])C1CC1. The van der Waals surface area contributed by atoms with Crippen LogP contribution in [0.5, 0.6) is 0 Å². The first-order valence-corrected chi connectivity index (χ1v) is 6.95. The quantitative estimate of drug-likeness (QED) is 0.606. The van der Waals surface area contributed by atoms with E-state index in [0.29, 0.717) is 24.1 Å². The molecule has 0 aliphatic heterocycles. The van der Waals surface area contributed by atoms with E-state index in [2.05, 4.69) is 17.2 Å². The third-order valence-electron chi connectivity index (χ3n) is 3.54. The zero-order valence-corrected chi connectivity index (χ0v) is 11.6. The number of nitro groups is 1. The minimum absolute atomic E-state index is 0.156. The van der Waals surface area contributed by atoms with Gasteiger partial charge in [-0.3, -0.25) is 15.1 Å². The Morgan fingerprint density at radius 2 is 2.32 bits per heavy atom. The molecule has 0 radical (unpaired) electrons. The number of rotatable bonds is 7. The van der Waals surface area contributed by atoms with Gasteiger partial charge in [-0.1, -0.05) is 6.92 Å². The lowest BCUT2D eigenvalue weighted by molar-refractivity contribution is -0.386. The van der Waals surface area contributed by atoms with Crippen molar-refractivity contribution in [3.63, 3.8) is 0 Å². The maximum atomic E-state index is 11.1. The number of hydrogen-bond donors (Lipinski definition) is 1. The number of pyridine rings is 1. The van der Waals surface area contributed by atoms with Gasteiger partial charge in [0.2, 0.25) is 0 Å². The molecule has 0 aromatic carbocycles. The van der Waals surface area contributed by atoms with E-state index in [-0.39, 0.29) is 10.6 Å². The normalized spacial score (nSPS) is 16.3. The third-order valence-corrected chi connectivity index (χ3v) is 3.54. The maximum Gasteiger partial charge on any atom is 0.291 e. The molecule has 19 heavy (non-hydrogen) atoms. The van der Waals surface area contributed by atoms with Crippen molar-refractivity contribution in [3.8, 4) is 0 Å². The van der Waals surface area contributed by atoms with Crippen LogP contribution in [0.4, 0.5) is 5.69 Å². The molecule has 5 nitrogen and oxygen atoms in total. The summed E-state index contributed by atoms with van der Waals surface area (Å²) in [4.78, 5) is 15.1. The monoisotopic (exact) mass is 263 g/mol. The van der Waals surface area contributed by atoms with Gasteiger partial charge in [-0.25, -0.2) is 0 Å². The first kappa shape index (κ1) is 13.9. The van der Waals surface area contributed by atoms with Gasteiger partial charge >= 0.3 is 0 Å². The van der Waals surface area contributed by atoms with E-state index in [0.717, 1.165) is 18.5 Å². The van der Waals surface area contributed by atoms with Gasteiger partial charge < -0.3 is 5.32 Å². The van der Waals surface area contributed by atoms with E-state index in [1.54, 1.807) is 12.3 Å². The van der Waals surface area contributed by atoms with E-state index < -0.39 is 0 Å². The average molecular weight is 263 g/mol. The summed E-state index contributed by atoms with van der Waals surface area (Å²) in [6.45, 7) is 4.92. The van der Waals surface area contributed by atoms with E-state index >= 15 is 0 Å². The third kappa shape index (κ3) is 3.73. The Balaban J connectivity index is 2.13. The zero-order chi connectivity index (χ0) is 13.8. The van der Waals surface area contributed by atoms with Crippen LogP contribution < -0.4 is 5.32 Å². The molecule has 1 aliphatic rings. The Kier molecular flexibility index (Phi) is 4.47. The molecule has 1 heterocycles. The van der Waals surface area contributed by atoms with Crippen molar-refractivity contribution < 1.29 is 4.92 Å². The molecule has 1 aromatic rings. The standard InChI is InChI=1S/C14H21N3O2/c1-3-6-15-12(11-4-5-11)8-13-14(17(18)19)7-10(2)9-16-13/h7,9,11-12,15H,3-6,8H2,1-2H3. The molecule has 0 amide bonds. The highest BCUT2D eigenvalue weighted by Gasteiger charge is 2.32. The minimum atomic E-state index is -0.320. The van der Waals surface area contributed by atoms with Crippen molar-refractivity contribution in [2.24, 2.45) is 5.92 Å². The highest BCUT2D eigenvalue weighted by Crippen LogP contribution is 2.35. The Bertz CT molecular complexity index is 458. The molecule has 0 spiro atoms. The molecule has 1 atom stereocenters. The fourth-order valence-electron chi connectivity index (χ4n) is 2.34. The van der Waals surface area contributed by atoms with Crippen LogP contribution in [-0.4, -0.2) is 22.5 Å². The second-order valence-corrected chi connectivity index (χ2v) is 5.34. The van der Waals surface area contributed by atoms with Gasteiger partial charge in [0.15, 0.2) is 0 Å². The first-order valence-electron chi connectivity index (χ1n) is 6.95. The lowest BCUT2D eigenvalue weighted by Crippen LogP contribution is -2.34. The van der Waals surface area contributed by atoms with Crippen LogP contribution in [0.25, 0.3) is 0 Å². The van der Waals surface area contributed by atoms with Gasteiger partial charge in [-0.2, -0.15) is 0 Å². The molecule has 1 aliphatic carbocycles. The molecule has 104 valence electrons. The number of hydrogen-bond acceptors (Lipinski definition) is 4. The molecule has 0 bridgehead atoms. The largest absolute Gasteiger partial charge is 0.313 e. The van der Waals surface area contributed by atoms with Gasteiger partial charge in [-0.15, -0.1) is 0 Å². The molecule has 1 unspecified atom stereocenters. The van der Waals surface area contributed by atoms with Crippen LogP contribution >= 0.6 is 0 Å². The number of aromatic nitrogens is 1. The summed E-state index contributed by atoms with van der Waals surface area (Å²) < 4.78 is 0. The van der Waals surface area contributed by atoms with Crippen molar-refractivity contribution in [2.75, 3.05) is 6.54 Å². The van der Waals surface area contributed by atoms with Crippen molar-refractivity contribution in [1.82, 2.24) is 10.3 Å². The highest BCUT2D eigenvalue weighted by atomic mass is 16.6. The Morgan fingerprint density at radius 3 is 2.89 bits per heavy atom. The van der Waals surface area contributed by atoms with E-state index in [4.69, 9.17) is 0 Å². The predicted molar refractivity (Wildman–Crippen MR) is 74.1 cm³/mol. The molecular formula is C14H21N3O2. The van der Waals surface area contributed by atoms with Crippen LogP contribution in [0.2, 0.25) is 0 Å². The minimum Gasteiger partial charge on any atom is -0.313 e. The van der Waals surface area contributed by atoms with Crippen LogP contribution in [0, 0.1) is 23.0 Å². The van der Waals surface area contributed by atoms with Gasteiger partial charge in [0.05, 0.1) is 4.92 Å². The summed E-state index contributed by atoms with van der Waals surface area (Å²) in [6.07, 6.45) is 5.89. The van der Waals surface area contributed by atoms with Crippen LogP contribution in [0.15, 0.2) is 12.3 Å². The van der Waals surface area contributed by atoms with E-state index in [9.17, 15) is 10.1 Å². The van der Waals surface area contributed by atoms with Crippen LogP contribution in [0.1, 0.15) is 37.4 Å². The summed E-state index contributed by atoms with van der Waals surface area (Å²) in [5, 5.41) is 14.6. The number of aryl methyl sites for hydroxylation is 1. The lowest BCUT2D eigenvalue weighted by Gasteiger charge is -2.17. The Labute approximate surface area is 113 Å². The fourth-order valence-corrected chi connectivity index (χ4v) is 2.34. The zero-order valence-electron chi connectivity index (χ0n) is 11.6. The van der Waals surface area contributed by atoms with E-state index in [1.165, 1.54) is 12.8 Å². The fraction of sp³-hybridized carbons (Fsp3) is 0.643.